The van der Waals surface area contributed by atoms with Gasteiger partial charge in [-0.2, -0.15) is 0 Å². The van der Waals surface area contributed by atoms with E-state index in [1.165, 1.54) is 35.0 Å². The molecule has 0 amide bonds. The van der Waals surface area contributed by atoms with Gasteiger partial charge in [-0.15, -0.1) is 0 Å². The van der Waals surface area contributed by atoms with Crippen molar-refractivity contribution in [2.45, 2.75) is 25.3 Å². The summed E-state index contributed by atoms with van der Waals surface area (Å²) in [5, 5.41) is 7.14. The molecule has 16 heavy (non-hydrogen) atoms. The molecular formula is C13H17BrN2. The molecule has 3 heteroatoms. The van der Waals surface area contributed by atoms with Crippen LogP contribution in [0.5, 0.6) is 0 Å². The molecular weight excluding hydrogens is 264 g/mol. The molecule has 1 heterocycles. The van der Waals surface area contributed by atoms with Gasteiger partial charge in [-0.05, 0) is 48.9 Å². The van der Waals surface area contributed by atoms with Gasteiger partial charge in [0.2, 0.25) is 0 Å². The molecule has 1 saturated carbocycles. The van der Waals surface area contributed by atoms with Gasteiger partial charge in [-0.25, -0.2) is 0 Å². The Labute approximate surface area is 105 Å². The molecule has 1 unspecified atom stereocenters. The fraction of sp³-hybridized carbons (Fsp3) is 0.538. The quantitative estimate of drug-likeness (QED) is 0.890. The third-order valence-corrected chi connectivity index (χ3v) is 3.92. The topological polar surface area (TPSA) is 24.1 Å². The van der Waals surface area contributed by atoms with Crippen molar-refractivity contribution in [2.75, 3.05) is 18.4 Å². The number of fused-ring (bicyclic) bond motifs is 1. The van der Waals surface area contributed by atoms with Crippen LogP contribution in [0.4, 0.5) is 5.69 Å². The Kier molecular flexibility index (Phi) is 2.90. The van der Waals surface area contributed by atoms with Gasteiger partial charge >= 0.3 is 0 Å². The second-order valence-corrected chi connectivity index (χ2v) is 5.85. The van der Waals surface area contributed by atoms with E-state index >= 15 is 0 Å². The normalized spacial score (nSPS) is 23.7. The minimum absolute atomic E-state index is 0.738. The number of benzene rings is 1. The predicted octanol–water partition coefficient (Wildman–Crippen LogP) is 2.79. The molecule has 2 nitrogen and oxygen atoms in total. The first kappa shape index (κ1) is 10.6. The zero-order chi connectivity index (χ0) is 11.0. The number of nitrogens with one attached hydrogen (secondary N) is 2. The van der Waals surface area contributed by atoms with Crippen LogP contribution in [0.15, 0.2) is 22.7 Å². The van der Waals surface area contributed by atoms with E-state index in [4.69, 9.17) is 0 Å². The summed E-state index contributed by atoms with van der Waals surface area (Å²) in [4.78, 5) is 0. The summed E-state index contributed by atoms with van der Waals surface area (Å²) in [6, 6.07) is 7.34. The highest BCUT2D eigenvalue weighted by atomic mass is 79.9. The lowest BCUT2D eigenvalue weighted by atomic mass is 9.94. The third kappa shape index (κ3) is 2.41. The van der Waals surface area contributed by atoms with Gasteiger partial charge in [0.15, 0.2) is 0 Å². The molecule has 1 aliphatic carbocycles. The molecule has 0 spiro atoms. The lowest BCUT2D eigenvalue weighted by Gasteiger charge is -2.26. The molecule has 86 valence electrons. The summed E-state index contributed by atoms with van der Waals surface area (Å²) in [5.41, 5.74) is 2.76. The van der Waals surface area contributed by atoms with Gasteiger partial charge in [-0.3, -0.25) is 0 Å². The number of halogens is 1. The molecule has 1 fully saturated rings. The van der Waals surface area contributed by atoms with Crippen LogP contribution in [0.1, 0.15) is 18.4 Å². The van der Waals surface area contributed by atoms with Crippen molar-refractivity contribution in [3.05, 3.63) is 28.2 Å². The van der Waals surface area contributed by atoms with Crippen LogP contribution in [0, 0.1) is 5.92 Å². The maximum absolute atomic E-state index is 3.62. The first-order valence-corrected chi connectivity index (χ1v) is 6.86. The Bertz CT molecular complexity index is 388. The van der Waals surface area contributed by atoms with E-state index in [-0.39, 0.29) is 0 Å². The third-order valence-electron chi connectivity index (χ3n) is 3.43. The number of hydrogen-bond donors (Lipinski definition) is 2. The molecule has 1 aromatic carbocycles. The van der Waals surface area contributed by atoms with Gasteiger partial charge in [0.05, 0.1) is 0 Å². The van der Waals surface area contributed by atoms with Crippen molar-refractivity contribution < 1.29 is 0 Å². The predicted molar refractivity (Wildman–Crippen MR) is 70.9 cm³/mol. The van der Waals surface area contributed by atoms with E-state index in [0.29, 0.717) is 0 Å². The molecule has 2 aliphatic rings. The van der Waals surface area contributed by atoms with Gasteiger partial charge in [-0.1, -0.05) is 15.9 Å². The molecule has 0 radical (unpaired) electrons. The Hall–Kier alpha value is -0.540. The second kappa shape index (κ2) is 4.38. The largest absolute Gasteiger partial charge is 0.384 e. The SMILES string of the molecule is Brc1ccc2c(c1)CC(CNC1CC1)CN2. The fourth-order valence-corrected chi connectivity index (χ4v) is 2.71. The first-order chi connectivity index (χ1) is 7.81. The Morgan fingerprint density at radius 3 is 3.06 bits per heavy atom. The van der Waals surface area contributed by atoms with E-state index in [1.807, 2.05) is 0 Å². The molecule has 0 aromatic heterocycles. The Morgan fingerprint density at radius 1 is 1.38 bits per heavy atom. The van der Waals surface area contributed by atoms with Crippen molar-refractivity contribution in [1.82, 2.24) is 5.32 Å². The van der Waals surface area contributed by atoms with Crippen molar-refractivity contribution in [2.24, 2.45) is 5.92 Å². The molecule has 3 rings (SSSR count). The summed E-state index contributed by atoms with van der Waals surface area (Å²) < 4.78 is 1.18. The van der Waals surface area contributed by atoms with Crippen LogP contribution in [0.25, 0.3) is 0 Å². The smallest absolute Gasteiger partial charge is 0.0373 e. The highest BCUT2D eigenvalue weighted by Gasteiger charge is 2.23. The second-order valence-electron chi connectivity index (χ2n) is 4.94. The van der Waals surface area contributed by atoms with E-state index in [2.05, 4.69) is 44.8 Å². The summed E-state index contributed by atoms with van der Waals surface area (Å²) in [6.45, 7) is 2.26. The van der Waals surface area contributed by atoms with Crippen LogP contribution < -0.4 is 10.6 Å². The van der Waals surface area contributed by atoms with Crippen LogP contribution >= 0.6 is 15.9 Å². The Morgan fingerprint density at radius 2 is 2.25 bits per heavy atom. The van der Waals surface area contributed by atoms with E-state index < -0.39 is 0 Å². The van der Waals surface area contributed by atoms with Gasteiger partial charge in [0.25, 0.3) is 0 Å². The molecule has 1 aromatic rings. The Balaban J connectivity index is 1.64. The molecule has 2 N–H and O–H groups in total. The molecule has 0 bridgehead atoms. The van der Waals surface area contributed by atoms with Crippen LogP contribution in [-0.2, 0) is 6.42 Å². The minimum Gasteiger partial charge on any atom is -0.384 e. The average molecular weight is 281 g/mol. The highest BCUT2D eigenvalue weighted by Crippen LogP contribution is 2.28. The zero-order valence-electron chi connectivity index (χ0n) is 9.30. The summed E-state index contributed by atoms with van der Waals surface area (Å²) in [6.07, 6.45) is 3.95. The first-order valence-electron chi connectivity index (χ1n) is 6.07. The van der Waals surface area contributed by atoms with Gasteiger partial charge in [0.1, 0.15) is 0 Å². The minimum atomic E-state index is 0.738. The molecule has 1 atom stereocenters. The van der Waals surface area contributed by atoms with Gasteiger partial charge in [0, 0.05) is 29.3 Å². The number of hydrogen-bond acceptors (Lipinski definition) is 2. The fourth-order valence-electron chi connectivity index (χ4n) is 2.31. The summed E-state index contributed by atoms with van der Waals surface area (Å²) >= 11 is 3.54. The number of rotatable bonds is 3. The maximum atomic E-state index is 3.62. The van der Waals surface area contributed by atoms with Crippen LogP contribution in [0.3, 0.4) is 0 Å². The number of anilines is 1. The van der Waals surface area contributed by atoms with E-state index in [0.717, 1.165) is 25.0 Å². The lowest BCUT2D eigenvalue weighted by molar-refractivity contribution is 0.482. The van der Waals surface area contributed by atoms with Gasteiger partial charge < -0.3 is 10.6 Å². The van der Waals surface area contributed by atoms with Crippen molar-refractivity contribution in [3.63, 3.8) is 0 Å². The molecule has 0 saturated heterocycles. The van der Waals surface area contributed by atoms with Crippen LogP contribution in [0.2, 0.25) is 0 Å². The zero-order valence-corrected chi connectivity index (χ0v) is 10.9. The van der Waals surface area contributed by atoms with Crippen molar-refractivity contribution in [1.29, 1.82) is 0 Å². The van der Waals surface area contributed by atoms with E-state index in [9.17, 15) is 0 Å². The van der Waals surface area contributed by atoms with Crippen LogP contribution in [-0.4, -0.2) is 19.1 Å². The highest BCUT2D eigenvalue weighted by molar-refractivity contribution is 9.10. The maximum Gasteiger partial charge on any atom is 0.0373 e. The monoisotopic (exact) mass is 280 g/mol. The van der Waals surface area contributed by atoms with Crippen molar-refractivity contribution in [3.8, 4) is 0 Å². The lowest BCUT2D eigenvalue weighted by Crippen LogP contribution is -2.33. The summed E-state index contributed by atoms with van der Waals surface area (Å²) in [5.74, 6) is 0.738. The average Bonchev–Trinajstić information content (AvgIpc) is 3.09. The standard InChI is InChI=1S/C13H17BrN2/c14-11-1-4-13-10(6-11)5-9(8-16-13)7-15-12-2-3-12/h1,4,6,9,12,15-16H,2-3,5,7-8H2. The van der Waals surface area contributed by atoms with E-state index in [1.54, 1.807) is 0 Å². The summed E-state index contributed by atoms with van der Waals surface area (Å²) in [7, 11) is 0. The molecule has 1 aliphatic heterocycles. The van der Waals surface area contributed by atoms with Crippen molar-refractivity contribution >= 4 is 21.6 Å².